The molecule has 1 fully saturated rings. The van der Waals surface area contributed by atoms with Crippen LogP contribution in [-0.2, 0) is 9.53 Å². The van der Waals surface area contributed by atoms with E-state index in [4.69, 9.17) is 9.47 Å². The molecule has 1 aromatic rings. The number of rotatable bonds is 8. The highest BCUT2D eigenvalue weighted by atomic mass is 16.6. The Labute approximate surface area is 155 Å². The van der Waals surface area contributed by atoms with Gasteiger partial charge in [-0.3, -0.25) is 9.69 Å². The third kappa shape index (κ3) is 6.65. The van der Waals surface area contributed by atoms with E-state index < -0.39 is 12.1 Å². The average Bonchev–Trinajstić information content (AvgIpc) is 2.67. The van der Waals surface area contributed by atoms with Crippen molar-refractivity contribution in [1.29, 1.82) is 0 Å². The number of para-hydroxylation sites is 1. The van der Waals surface area contributed by atoms with E-state index in [2.05, 4.69) is 15.5 Å². The maximum Gasteiger partial charge on any atom is 0.413 e. The van der Waals surface area contributed by atoms with E-state index in [1.54, 1.807) is 24.3 Å². The third-order valence-electron chi connectivity index (χ3n) is 4.55. The Morgan fingerprint density at radius 1 is 1.23 bits per heavy atom. The lowest BCUT2D eigenvalue weighted by molar-refractivity contribution is -0.124. The summed E-state index contributed by atoms with van der Waals surface area (Å²) in [6, 6.07) is 8.18. The largest absolute Gasteiger partial charge is 0.413 e. The molecular weight excluding hydrogens is 334 g/mol. The predicted octanol–water partition coefficient (Wildman–Crippen LogP) is 1.64. The van der Waals surface area contributed by atoms with Crippen LogP contribution < -0.4 is 15.4 Å². The first-order valence-electron chi connectivity index (χ1n) is 9.21. The predicted molar refractivity (Wildman–Crippen MR) is 99.1 cm³/mol. The molecule has 0 bridgehead atoms. The quantitative estimate of drug-likeness (QED) is 0.734. The first-order valence-corrected chi connectivity index (χ1v) is 9.21. The minimum absolute atomic E-state index is 0.00158. The van der Waals surface area contributed by atoms with Crippen LogP contribution in [0.15, 0.2) is 30.3 Å². The molecule has 1 aromatic carbocycles. The van der Waals surface area contributed by atoms with Gasteiger partial charge >= 0.3 is 6.09 Å². The van der Waals surface area contributed by atoms with Crippen molar-refractivity contribution in [3.63, 3.8) is 0 Å². The minimum atomic E-state index is -0.624. The topological polar surface area (TPSA) is 79.9 Å². The summed E-state index contributed by atoms with van der Waals surface area (Å²) in [5.41, 5.74) is 0. The Morgan fingerprint density at radius 2 is 1.92 bits per heavy atom. The molecule has 0 radical (unpaired) electrons. The molecule has 7 heteroatoms. The average molecular weight is 363 g/mol. The molecule has 2 amide bonds. The molecule has 1 saturated heterocycles. The first-order chi connectivity index (χ1) is 12.6. The first kappa shape index (κ1) is 20.2. The van der Waals surface area contributed by atoms with Crippen LogP contribution in [0.25, 0.3) is 0 Å². The number of benzene rings is 1. The van der Waals surface area contributed by atoms with Crippen molar-refractivity contribution in [2.45, 2.75) is 26.3 Å². The van der Waals surface area contributed by atoms with Crippen LogP contribution in [0.1, 0.15) is 20.3 Å². The van der Waals surface area contributed by atoms with E-state index in [1.807, 2.05) is 19.9 Å². The summed E-state index contributed by atoms with van der Waals surface area (Å²) in [5.74, 6) is 0.264. The molecule has 7 nitrogen and oxygen atoms in total. The van der Waals surface area contributed by atoms with Gasteiger partial charge in [0.25, 0.3) is 0 Å². The maximum atomic E-state index is 12.5. The number of amides is 2. The Kier molecular flexibility index (Phi) is 8.37. The van der Waals surface area contributed by atoms with Gasteiger partial charge in [0.2, 0.25) is 5.91 Å². The molecule has 0 spiro atoms. The number of carbonyl (C=O) groups is 2. The Morgan fingerprint density at radius 3 is 2.58 bits per heavy atom. The van der Waals surface area contributed by atoms with Gasteiger partial charge < -0.3 is 20.1 Å². The number of ether oxygens (including phenoxy) is 2. The van der Waals surface area contributed by atoms with Crippen molar-refractivity contribution < 1.29 is 19.1 Å². The van der Waals surface area contributed by atoms with Crippen LogP contribution in [-0.4, -0.2) is 62.3 Å². The van der Waals surface area contributed by atoms with E-state index in [9.17, 15) is 9.59 Å². The highest BCUT2D eigenvalue weighted by Crippen LogP contribution is 2.11. The zero-order chi connectivity index (χ0) is 18.8. The number of morpholine rings is 1. The monoisotopic (exact) mass is 363 g/mol. The molecule has 2 unspecified atom stereocenters. The fourth-order valence-electron chi connectivity index (χ4n) is 2.73. The molecule has 0 saturated carbocycles. The van der Waals surface area contributed by atoms with Gasteiger partial charge in [0, 0.05) is 26.2 Å². The number of hydrogen-bond acceptors (Lipinski definition) is 5. The van der Waals surface area contributed by atoms with Crippen LogP contribution >= 0.6 is 0 Å². The molecule has 0 aromatic heterocycles. The number of hydrogen-bond donors (Lipinski definition) is 2. The van der Waals surface area contributed by atoms with Crippen LogP contribution in [0.4, 0.5) is 4.79 Å². The molecule has 1 heterocycles. The molecule has 2 N–H and O–H groups in total. The van der Waals surface area contributed by atoms with Gasteiger partial charge in [-0.2, -0.15) is 0 Å². The lowest BCUT2D eigenvalue weighted by Gasteiger charge is -2.27. The normalized spacial score (nSPS) is 17.2. The van der Waals surface area contributed by atoms with Gasteiger partial charge in [-0.15, -0.1) is 0 Å². The van der Waals surface area contributed by atoms with E-state index in [0.29, 0.717) is 12.3 Å². The van der Waals surface area contributed by atoms with Crippen molar-refractivity contribution in [1.82, 2.24) is 15.5 Å². The summed E-state index contributed by atoms with van der Waals surface area (Å²) in [6.07, 6.45) is 0.150. The standard InChI is InChI=1S/C19H29N3O4/c1-3-15(2)17(21-19(24)26-16-7-5-4-6-8-16)18(23)20-9-10-22-11-13-25-14-12-22/h4-8,15,17H,3,9-14H2,1-2H3,(H,20,23)(H,21,24). The Hall–Kier alpha value is -2.12. The lowest BCUT2D eigenvalue weighted by atomic mass is 9.98. The zero-order valence-corrected chi connectivity index (χ0v) is 15.6. The second-order valence-corrected chi connectivity index (χ2v) is 6.46. The smallest absolute Gasteiger partial charge is 0.410 e. The molecular formula is C19H29N3O4. The Balaban J connectivity index is 1.82. The minimum Gasteiger partial charge on any atom is -0.410 e. The van der Waals surface area contributed by atoms with E-state index in [0.717, 1.165) is 39.3 Å². The SMILES string of the molecule is CCC(C)C(NC(=O)Oc1ccccc1)C(=O)NCCN1CCOCC1. The summed E-state index contributed by atoms with van der Waals surface area (Å²) in [7, 11) is 0. The summed E-state index contributed by atoms with van der Waals surface area (Å²) in [5, 5.41) is 5.62. The van der Waals surface area contributed by atoms with Gasteiger partial charge in [-0.25, -0.2) is 4.79 Å². The van der Waals surface area contributed by atoms with Crippen molar-refractivity contribution in [2.75, 3.05) is 39.4 Å². The molecule has 2 atom stereocenters. The van der Waals surface area contributed by atoms with Gasteiger partial charge in [0.1, 0.15) is 11.8 Å². The van der Waals surface area contributed by atoms with Gasteiger partial charge in [0.15, 0.2) is 0 Å². The summed E-state index contributed by atoms with van der Waals surface area (Å²) in [6.45, 7) is 8.47. The number of carbonyl (C=O) groups excluding carboxylic acids is 2. The van der Waals surface area contributed by atoms with Crippen LogP contribution in [0, 0.1) is 5.92 Å². The van der Waals surface area contributed by atoms with E-state index >= 15 is 0 Å². The highest BCUT2D eigenvalue weighted by Gasteiger charge is 2.26. The molecule has 2 rings (SSSR count). The van der Waals surface area contributed by atoms with Gasteiger partial charge in [-0.05, 0) is 18.1 Å². The summed E-state index contributed by atoms with van der Waals surface area (Å²) in [4.78, 5) is 26.9. The summed E-state index contributed by atoms with van der Waals surface area (Å²) >= 11 is 0. The van der Waals surface area contributed by atoms with E-state index in [-0.39, 0.29) is 11.8 Å². The highest BCUT2D eigenvalue weighted by molar-refractivity contribution is 5.86. The molecule has 1 aliphatic rings. The zero-order valence-electron chi connectivity index (χ0n) is 15.6. The fourth-order valence-corrected chi connectivity index (χ4v) is 2.73. The Bertz CT molecular complexity index is 561. The molecule has 1 aliphatic heterocycles. The summed E-state index contributed by atoms with van der Waals surface area (Å²) < 4.78 is 10.6. The van der Waals surface area contributed by atoms with Crippen LogP contribution in [0.2, 0.25) is 0 Å². The van der Waals surface area contributed by atoms with Crippen LogP contribution in [0.5, 0.6) is 5.75 Å². The van der Waals surface area contributed by atoms with Crippen molar-refractivity contribution in [2.24, 2.45) is 5.92 Å². The fraction of sp³-hybridized carbons (Fsp3) is 0.579. The number of nitrogens with one attached hydrogen (secondary N) is 2. The van der Waals surface area contributed by atoms with Crippen molar-refractivity contribution >= 4 is 12.0 Å². The molecule has 144 valence electrons. The van der Waals surface area contributed by atoms with Crippen molar-refractivity contribution in [3.8, 4) is 5.75 Å². The van der Waals surface area contributed by atoms with Gasteiger partial charge in [0.05, 0.1) is 13.2 Å². The van der Waals surface area contributed by atoms with E-state index in [1.165, 1.54) is 0 Å². The number of nitrogens with zero attached hydrogens (tertiary/aromatic N) is 1. The lowest BCUT2D eigenvalue weighted by Crippen LogP contribution is -2.52. The van der Waals surface area contributed by atoms with Crippen LogP contribution in [0.3, 0.4) is 0 Å². The second-order valence-electron chi connectivity index (χ2n) is 6.46. The second kappa shape index (κ2) is 10.8. The molecule has 26 heavy (non-hydrogen) atoms. The van der Waals surface area contributed by atoms with Crippen molar-refractivity contribution in [3.05, 3.63) is 30.3 Å². The molecule has 0 aliphatic carbocycles. The van der Waals surface area contributed by atoms with Gasteiger partial charge in [-0.1, -0.05) is 38.5 Å². The third-order valence-corrected chi connectivity index (χ3v) is 4.55. The maximum absolute atomic E-state index is 12.5.